The molecule has 23 heavy (non-hydrogen) atoms. The minimum absolute atomic E-state index is 0.150. The zero-order valence-electron chi connectivity index (χ0n) is 14.5. The van der Waals surface area contributed by atoms with E-state index in [0.29, 0.717) is 12.2 Å². The Morgan fingerprint density at radius 1 is 1.35 bits per heavy atom. The Hall–Kier alpha value is -1.61. The number of cyclic esters (lactones) is 1. The van der Waals surface area contributed by atoms with E-state index >= 15 is 0 Å². The summed E-state index contributed by atoms with van der Waals surface area (Å²) in [5.41, 5.74) is 2.36. The maximum absolute atomic E-state index is 12.2. The Morgan fingerprint density at radius 3 is 2.78 bits per heavy atom. The Labute approximate surface area is 139 Å². The van der Waals surface area contributed by atoms with Crippen LogP contribution in [0.15, 0.2) is 47.6 Å². The van der Waals surface area contributed by atoms with E-state index in [1.807, 2.05) is 0 Å². The third-order valence-corrected chi connectivity index (χ3v) is 4.63. The monoisotopic (exact) mass is 316 g/mol. The van der Waals surface area contributed by atoms with Crippen molar-refractivity contribution in [1.82, 2.24) is 0 Å². The fourth-order valence-electron chi connectivity index (χ4n) is 3.25. The molecule has 126 valence electrons. The molecule has 1 fully saturated rings. The summed E-state index contributed by atoms with van der Waals surface area (Å²) in [5, 5.41) is 9.79. The average molecular weight is 316 g/mol. The number of allylic oxidation sites excluding steroid dienone is 4. The van der Waals surface area contributed by atoms with Gasteiger partial charge in [-0.3, -0.25) is 0 Å². The van der Waals surface area contributed by atoms with Gasteiger partial charge in [-0.25, -0.2) is 4.79 Å². The van der Waals surface area contributed by atoms with E-state index in [2.05, 4.69) is 19.6 Å². The number of carbonyl (C=O) groups is 1. The van der Waals surface area contributed by atoms with E-state index in [9.17, 15) is 9.90 Å². The fourth-order valence-corrected chi connectivity index (χ4v) is 3.25. The highest BCUT2D eigenvalue weighted by atomic mass is 16.5. The molecule has 3 nitrogen and oxygen atoms in total. The first-order valence-corrected chi connectivity index (χ1v) is 8.40. The Balaban J connectivity index is 2.29. The third-order valence-electron chi connectivity index (χ3n) is 4.63. The van der Waals surface area contributed by atoms with Crippen molar-refractivity contribution in [2.45, 2.75) is 52.1 Å². The van der Waals surface area contributed by atoms with Gasteiger partial charge in [0, 0.05) is 17.4 Å². The second-order valence-electron chi connectivity index (χ2n) is 7.23. The summed E-state index contributed by atoms with van der Waals surface area (Å²) >= 11 is 0. The molecule has 1 N–H and O–H groups in total. The van der Waals surface area contributed by atoms with E-state index in [0.717, 1.165) is 25.7 Å². The summed E-state index contributed by atoms with van der Waals surface area (Å²) < 4.78 is 5.40. The van der Waals surface area contributed by atoms with Gasteiger partial charge in [-0.15, -0.1) is 0 Å². The number of ether oxygens (including phenoxy) is 1. The van der Waals surface area contributed by atoms with Gasteiger partial charge in [0.1, 0.15) is 0 Å². The van der Waals surface area contributed by atoms with Crippen LogP contribution in [0.2, 0.25) is 0 Å². The molecule has 0 spiro atoms. The average Bonchev–Trinajstić information content (AvgIpc) is 2.51. The molecule has 0 amide bonds. The number of esters is 1. The molecule has 0 bridgehead atoms. The van der Waals surface area contributed by atoms with Gasteiger partial charge in [-0.05, 0) is 46.5 Å². The van der Waals surface area contributed by atoms with Crippen LogP contribution in [0.3, 0.4) is 0 Å². The molecule has 0 aromatic rings. The summed E-state index contributed by atoms with van der Waals surface area (Å²) in [7, 11) is 0. The predicted octanol–water partition coefficient (Wildman–Crippen LogP) is 4.11. The highest BCUT2D eigenvalue weighted by Crippen LogP contribution is 2.38. The van der Waals surface area contributed by atoms with E-state index in [1.54, 1.807) is 32.1 Å². The fraction of sp³-hybridized carbons (Fsp3) is 0.550. The molecule has 1 aliphatic carbocycles. The number of carbonyl (C=O) groups excluding carboxylic acids is 1. The van der Waals surface area contributed by atoms with Crippen LogP contribution in [0, 0.1) is 11.8 Å². The lowest BCUT2D eigenvalue weighted by atomic mass is 9.76. The Kier molecular flexibility index (Phi) is 5.64. The summed E-state index contributed by atoms with van der Waals surface area (Å²) in [6.07, 6.45) is 11.4. The van der Waals surface area contributed by atoms with Crippen LogP contribution in [0.25, 0.3) is 0 Å². The lowest BCUT2D eigenvalue weighted by Gasteiger charge is -2.34. The van der Waals surface area contributed by atoms with Crippen molar-refractivity contribution in [3.63, 3.8) is 0 Å². The van der Waals surface area contributed by atoms with Crippen LogP contribution < -0.4 is 0 Å². The Morgan fingerprint density at radius 2 is 2.09 bits per heavy atom. The number of hydrogen-bond acceptors (Lipinski definition) is 3. The number of rotatable bonds is 2. The third kappa shape index (κ3) is 4.93. The molecule has 1 saturated heterocycles. The SMILES string of the molecule is C=C1CCC=C(C)CCC2C(=C/C=C/C(C)(C)O)C(=O)OCC12. The topological polar surface area (TPSA) is 46.5 Å². The summed E-state index contributed by atoms with van der Waals surface area (Å²) in [6, 6.07) is 0. The number of hydrogen-bond donors (Lipinski definition) is 1. The molecule has 0 aromatic carbocycles. The van der Waals surface area contributed by atoms with Crippen molar-refractivity contribution in [1.29, 1.82) is 0 Å². The second-order valence-corrected chi connectivity index (χ2v) is 7.23. The van der Waals surface area contributed by atoms with Crippen LogP contribution in [0.5, 0.6) is 0 Å². The van der Waals surface area contributed by atoms with Gasteiger partial charge in [-0.1, -0.05) is 42.0 Å². The first kappa shape index (κ1) is 17.7. The smallest absolute Gasteiger partial charge is 0.334 e. The Bertz CT molecular complexity index is 558. The summed E-state index contributed by atoms with van der Waals surface area (Å²) in [6.45, 7) is 10.2. The van der Waals surface area contributed by atoms with E-state index in [-0.39, 0.29) is 17.8 Å². The van der Waals surface area contributed by atoms with Crippen molar-refractivity contribution >= 4 is 5.97 Å². The van der Waals surface area contributed by atoms with Gasteiger partial charge < -0.3 is 9.84 Å². The van der Waals surface area contributed by atoms with Crippen molar-refractivity contribution < 1.29 is 14.6 Å². The van der Waals surface area contributed by atoms with E-state index in [4.69, 9.17) is 4.74 Å². The molecular weight excluding hydrogens is 288 g/mol. The molecule has 2 aliphatic rings. The molecular formula is C20H28O3. The first-order valence-electron chi connectivity index (χ1n) is 8.40. The lowest BCUT2D eigenvalue weighted by molar-refractivity contribution is -0.144. The summed E-state index contributed by atoms with van der Waals surface area (Å²) in [5.74, 6) is 0.116. The first-order chi connectivity index (χ1) is 10.8. The number of fused-ring (bicyclic) bond motifs is 1. The van der Waals surface area contributed by atoms with Gasteiger partial charge in [0.2, 0.25) is 0 Å². The highest BCUT2D eigenvalue weighted by Gasteiger charge is 2.36. The largest absolute Gasteiger partial charge is 0.462 e. The molecule has 0 aromatic heterocycles. The summed E-state index contributed by atoms with van der Waals surface area (Å²) in [4.78, 5) is 12.2. The maximum atomic E-state index is 12.2. The van der Waals surface area contributed by atoms with Gasteiger partial charge in [0.25, 0.3) is 0 Å². The molecule has 0 radical (unpaired) electrons. The molecule has 0 saturated carbocycles. The predicted molar refractivity (Wildman–Crippen MR) is 92.8 cm³/mol. The van der Waals surface area contributed by atoms with Crippen molar-refractivity contribution in [2.75, 3.05) is 6.61 Å². The van der Waals surface area contributed by atoms with Crippen molar-refractivity contribution in [3.05, 3.63) is 47.6 Å². The normalized spacial score (nSPS) is 28.7. The zero-order valence-corrected chi connectivity index (χ0v) is 14.5. The number of aliphatic hydroxyl groups is 1. The standard InChI is InChI=1S/C20H28O3/c1-14-7-5-8-15(2)18-13-23-19(21)17(16(18)11-10-14)9-6-12-20(3,4)22/h6-7,9,12,16,18,22H,2,5,8,10-11,13H2,1,3-4H3/b12-6+,14-7?,17-9?. The van der Waals surface area contributed by atoms with Crippen LogP contribution >= 0.6 is 0 Å². The van der Waals surface area contributed by atoms with Crippen LogP contribution in [0.1, 0.15) is 46.5 Å². The minimum Gasteiger partial charge on any atom is -0.462 e. The van der Waals surface area contributed by atoms with E-state index < -0.39 is 5.60 Å². The van der Waals surface area contributed by atoms with Gasteiger partial charge in [0.15, 0.2) is 0 Å². The molecule has 1 aliphatic heterocycles. The molecule has 1 heterocycles. The van der Waals surface area contributed by atoms with Crippen LogP contribution in [-0.2, 0) is 9.53 Å². The van der Waals surface area contributed by atoms with Crippen molar-refractivity contribution in [2.24, 2.45) is 11.8 Å². The van der Waals surface area contributed by atoms with Gasteiger partial charge in [-0.2, -0.15) is 0 Å². The van der Waals surface area contributed by atoms with Gasteiger partial charge in [0.05, 0.1) is 12.2 Å². The second kappa shape index (κ2) is 7.31. The van der Waals surface area contributed by atoms with Crippen molar-refractivity contribution in [3.8, 4) is 0 Å². The zero-order chi connectivity index (χ0) is 17.0. The highest BCUT2D eigenvalue weighted by molar-refractivity contribution is 5.90. The van der Waals surface area contributed by atoms with E-state index in [1.165, 1.54) is 11.1 Å². The molecule has 2 atom stereocenters. The van der Waals surface area contributed by atoms with Crippen LogP contribution in [0.4, 0.5) is 0 Å². The minimum atomic E-state index is -0.892. The lowest BCUT2D eigenvalue weighted by Crippen LogP contribution is -2.34. The van der Waals surface area contributed by atoms with Crippen LogP contribution in [-0.4, -0.2) is 23.3 Å². The van der Waals surface area contributed by atoms with Gasteiger partial charge >= 0.3 is 5.97 Å². The molecule has 3 heteroatoms. The molecule has 2 rings (SSSR count). The quantitative estimate of drug-likeness (QED) is 0.474. The maximum Gasteiger partial charge on any atom is 0.334 e. The molecule has 2 unspecified atom stereocenters.